The van der Waals surface area contributed by atoms with Gasteiger partial charge in [0.1, 0.15) is 29.4 Å². The molecular weight excluding hydrogens is 579 g/mol. The van der Waals surface area contributed by atoms with Gasteiger partial charge in [-0.15, -0.1) is 0 Å². The lowest BCUT2D eigenvalue weighted by molar-refractivity contribution is -0.148. The Bertz CT molecular complexity index is 1690. The van der Waals surface area contributed by atoms with E-state index in [0.29, 0.717) is 5.39 Å². The highest BCUT2D eigenvalue weighted by Gasteiger charge is 2.55. The van der Waals surface area contributed by atoms with Crippen molar-refractivity contribution in [2.24, 2.45) is 10.8 Å². The van der Waals surface area contributed by atoms with Gasteiger partial charge in [-0.05, 0) is 30.7 Å². The zero-order chi connectivity index (χ0) is 31.6. The van der Waals surface area contributed by atoms with Crippen molar-refractivity contribution in [3.8, 4) is 11.8 Å². The molecule has 0 radical (unpaired) electrons. The van der Waals surface area contributed by atoms with Crippen molar-refractivity contribution in [2.75, 3.05) is 13.2 Å². The molecule has 0 amide bonds. The quantitative estimate of drug-likeness (QED) is 0.225. The molecule has 1 aliphatic rings. The molecule has 3 N–H and O–H groups in total. The minimum atomic E-state index is -4.40. The third-order valence-corrected chi connectivity index (χ3v) is 8.49. The Kier molecular flexibility index (Phi) is 9.30. The number of aliphatic hydroxyl groups excluding tert-OH is 1. The minimum Gasteiger partial charge on any atom is -0.464 e. The standard InChI is InChI=1S/C29H35N4O9P/c1-18(25(36)39-17-28(2,3)4)32-43(38,42-21-12-8-10-19-9-6-7-11-20(19)21)40-15-22-24(35)29(5,16-30)26(41-22)33-14-13-23(34)31-27(33)37/h6-14,18,22,24,26,35H,15,17H2,1-5H3,(H,32,38)(H,31,34,37)/t18-,22+,24+,26+,29+,43?/m0/s1. The van der Waals surface area contributed by atoms with Gasteiger partial charge in [-0.3, -0.25) is 23.7 Å². The second-order valence-electron chi connectivity index (χ2n) is 11.8. The Hall–Kier alpha value is -3.79. The van der Waals surface area contributed by atoms with Crippen LogP contribution in [0.25, 0.3) is 10.8 Å². The first-order valence-electron chi connectivity index (χ1n) is 13.6. The molecule has 43 heavy (non-hydrogen) atoms. The highest BCUT2D eigenvalue weighted by Crippen LogP contribution is 2.49. The molecule has 1 aliphatic heterocycles. The Balaban J connectivity index is 1.61. The molecular formula is C29H35N4O9P. The number of aromatic nitrogens is 2. The number of carbonyl (C=O) groups excluding carboxylic acids is 1. The van der Waals surface area contributed by atoms with Gasteiger partial charge in [-0.25, -0.2) is 9.36 Å². The third kappa shape index (κ3) is 7.24. The molecule has 2 heterocycles. The van der Waals surface area contributed by atoms with Crippen LogP contribution in [0, 0.1) is 22.2 Å². The molecule has 0 bridgehead atoms. The molecule has 0 saturated carbocycles. The van der Waals surface area contributed by atoms with E-state index in [2.05, 4.69) is 10.1 Å². The molecule has 0 aliphatic carbocycles. The Morgan fingerprint density at radius 1 is 1.23 bits per heavy atom. The molecule has 1 unspecified atom stereocenters. The first-order valence-corrected chi connectivity index (χ1v) is 15.1. The van der Waals surface area contributed by atoms with Crippen LogP contribution >= 0.6 is 7.75 Å². The summed E-state index contributed by atoms with van der Waals surface area (Å²) in [5, 5.41) is 25.1. The summed E-state index contributed by atoms with van der Waals surface area (Å²) in [6.07, 6.45) is -2.94. The zero-order valence-electron chi connectivity index (χ0n) is 24.5. The van der Waals surface area contributed by atoms with Gasteiger partial charge in [0.15, 0.2) is 6.23 Å². The van der Waals surface area contributed by atoms with E-state index in [9.17, 15) is 29.3 Å². The number of hydrogen-bond acceptors (Lipinski definition) is 10. The number of nitrogens with one attached hydrogen (secondary N) is 2. The van der Waals surface area contributed by atoms with E-state index in [4.69, 9.17) is 18.5 Å². The van der Waals surface area contributed by atoms with E-state index in [-0.39, 0.29) is 17.8 Å². The fraction of sp³-hybridized carbons (Fsp3) is 0.448. The number of hydrogen-bond donors (Lipinski definition) is 3. The first-order chi connectivity index (χ1) is 20.2. The Morgan fingerprint density at radius 2 is 1.93 bits per heavy atom. The Morgan fingerprint density at radius 3 is 2.60 bits per heavy atom. The van der Waals surface area contributed by atoms with Crippen molar-refractivity contribution < 1.29 is 33.0 Å². The second kappa shape index (κ2) is 12.4. The second-order valence-corrected chi connectivity index (χ2v) is 13.5. The molecule has 13 nitrogen and oxygen atoms in total. The van der Waals surface area contributed by atoms with Crippen LogP contribution in [-0.4, -0.2) is 52.1 Å². The van der Waals surface area contributed by atoms with E-state index in [1.807, 2.05) is 45.0 Å². The maximum absolute atomic E-state index is 14.2. The fourth-order valence-corrected chi connectivity index (χ4v) is 6.02. The lowest BCUT2D eigenvalue weighted by atomic mass is 9.84. The van der Waals surface area contributed by atoms with Crippen molar-refractivity contribution in [1.82, 2.24) is 14.6 Å². The maximum Gasteiger partial charge on any atom is 0.459 e. The highest BCUT2D eigenvalue weighted by molar-refractivity contribution is 7.52. The van der Waals surface area contributed by atoms with E-state index in [0.717, 1.165) is 22.2 Å². The van der Waals surface area contributed by atoms with Gasteiger partial charge in [0.05, 0.1) is 19.3 Å². The maximum atomic E-state index is 14.2. The number of esters is 1. The van der Waals surface area contributed by atoms with E-state index in [1.165, 1.54) is 13.8 Å². The SMILES string of the molecule is C[C@H](NP(=O)(OC[C@H]1O[C@@H](n2ccc(=O)[nH]c2=O)[C@](C)(C#N)[C@@H]1O)Oc1cccc2ccccc12)C(=O)OCC(C)(C)C. The van der Waals surface area contributed by atoms with Crippen LogP contribution in [0.3, 0.4) is 0 Å². The van der Waals surface area contributed by atoms with E-state index in [1.54, 1.807) is 24.3 Å². The number of H-pyrrole nitrogens is 1. The number of aromatic amines is 1. The van der Waals surface area contributed by atoms with Crippen LogP contribution in [0.1, 0.15) is 40.8 Å². The van der Waals surface area contributed by atoms with Crippen molar-refractivity contribution in [2.45, 2.75) is 59.1 Å². The van der Waals surface area contributed by atoms with E-state index < -0.39 is 61.5 Å². The van der Waals surface area contributed by atoms with Crippen molar-refractivity contribution >= 4 is 24.5 Å². The normalized spacial score (nSPS) is 24.2. The predicted octanol–water partition coefficient (Wildman–Crippen LogP) is 3.25. The summed E-state index contributed by atoms with van der Waals surface area (Å²) in [4.78, 5) is 38.9. The smallest absolute Gasteiger partial charge is 0.459 e. The van der Waals surface area contributed by atoms with Crippen molar-refractivity contribution in [3.05, 3.63) is 75.6 Å². The van der Waals surface area contributed by atoms with Crippen LogP contribution in [0.5, 0.6) is 5.75 Å². The van der Waals surface area contributed by atoms with Crippen LogP contribution < -0.4 is 20.9 Å². The van der Waals surface area contributed by atoms with Crippen LogP contribution in [0.2, 0.25) is 0 Å². The lowest BCUT2D eigenvalue weighted by Gasteiger charge is -2.26. The van der Waals surface area contributed by atoms with Crippen molar-refractivity contribution in [1.29, 1.82) is 5.26 Å². The largest absolute Gasteiger partial charge is 0.464 e. The van der Waals surface area contributed by atoms with Gasteiger partial charge in [0.25, 0.3) is 5.56 Å². The molecule has 4 rings (SSSR count). The number of carbonyl (C=O) groups is 1. The summed E-state index contributed by atoms with van der Waals surface area (Å²) in [5.74, 6) is -0.483. The lowest BCUT2D eigenvalue weighted by Crippen LogP contribution is -2.41. The number of rotatable bonds is 10. The summed E-state index contributed by atoms with van der Waals surface area (Å²) in [5.41, 5.74) is -3.45. The number of ether oxygens (including phenoxy) is 2. The van der Waals surface area contributed by atoms with E-state index >= 15 is 0 Å². The minimum absolute atomic E-state index is 0.119. The van der Waals surface area contributed by atoms with Gasteiger partial charge in [0.2, 0.25) is 0 Å². The molecule has 14 heteroatoms. The summed E-state index contributed by atoms with van der Waals surface area (Å²) >= 11 is 0. The fourth-order valence-electron chi connectivity index (χ4n) is 4.50. The Labute approximate surface area is 247 Å². The van der Waals surface area contributed by atoms with Gasteiger partial charge >= 0.3 is 19.4 Å². The van der Waals surface area contributed by atoms with Gasteiger partial charge < -0.3 is 19.1 Å². The zero-order valence-corrected chi connectivity index (χ0v) is 25.4. The number of nitrogens with zero attached hydrogens (tertiary/aromatic N) is 2. The molecule has 2 aromatic carbocycles. The number of aliphatic hydroxyl groups is 1. The predicted molar refractivity (Wildman–Crippen MR) is 156 cm³/mol. The van der Waals surface area contributed by atoms with Crippen LogP contribution in [-0.2, 0) is 23.4 Å². The topological polar surface area (TPSA) is 182 Å². The number of benzene rings is 2. The number of fused-ring (bicyclic) bond motifs is 1. The number of nitriles is 1. The molecule has 0 spiro atoms. The molecule has 3 aromatic rings. The van der Waals surface area contributed by atoms with Gasteiger partial charge in [-0.1, -0.05) is 57.2 Å². The summed E-state index contributed by atoms with van der Waals surface area (Å²) in [6, 6.07) is 14.3. The molecule has 1 aromatic heterocycles. The monoisotopic (exact) mass is 614 g/mol. The molecule has 6 atom stereocenters. The first kappa shape index (κ1) is 32.1. The van der Waals surface area contributed by atoms with Crippen LogP contribution in [0.4, 0.5) is 0 Å². The summed E-state index contributed by atoms with van der Waals surface area (Å²) in [7, 11) is -4.40. The summed E-state index contributed by atoms with van der Waals surface area (Å²) in [6.45, 7) is 8.07. The summed E-state index contributed by atoms with van der Waals surface area (Å²) < 4.78 is 38.1. The van der Waals surface area contributed by atoms with Gasteiger partial charge in [-0.2, -0.15) is 10.3 Å². The molecule has 1 saturated heterocycles. The third-order valence-electron chi connectivity index (χ3n) is 6.86. The molecule has 1 fully saturated rings. The van der Waals surface area contributed by atoms with Crippen LogP contribution in [0.15, 0.2) is 64.3 Å². The van der Waals surface area contributed by atoms with Crippen molar-refractivity contribution in [3.63, 3.8) is 0 Å². The average Bonchev–Trinajstić information content (AvgIpc) is 3.20. The molecule has 230 valence electrons. The highest BCUT2D eigenvalue weighted by atomic mass is 31.2. The van der Waals surface area contributed by atoms with Gasteiger partial charge in [0, 0.05) is 17.6 Å². The average molecular weight is 615 g/mol.